The second-order valence-electron chi connectivity index (χ2n) is 9.55. The molecule has 1 aliphatic heterocycles. The Hall–Kier alpha value is -5.11. The third-order valence-electron chi connectivity index (χ3n) is 6.72. The summed E-state index contributed by atoms with van der Waals surface area (Å²) in [7, 11) is 0. The molecular formula is C33H31N3O5. The average molecular weight is 550 g/mol. The highest BCUT2D eigenvalue weighted by molar-refractivity contribution is 6.16. The third-order valence-corrected chi connectivity index (χ3v) is 6.72. The lowest BCUT2D eigenvalue weighted by atomic mass is 10.1. The van der Waals surface area contributed by atoms with Crippen LogP contribution in [-0.2, 0) is 22.6 Å². The Kier molecular flexibility index (Phi) is 8.29. The Morgan fingerprint density at radius 1 is 0.878 bits per heavy atom. The second kappa shape index (κ2) is 12.4. The number of urea groups is 1. The summed E-state index contributed by atoms with van der Waals surface area (Å²) < 4.78 is 11.9. The van der Waals surface area contributed by atoms with E-state index in [9.17, 15) is 14.4 Å². The van der Waals surface area contributed by atoms with Gasteiger partial charge >= 0.3 is 6.03 Å². The molecule has 4 aromatic carbocycles. The van der Waals surface area contributed by atoms with Crippen molar-refractivity contribution in [3.05, 3.63) is 107 Å². The normalized spacial score (nSPS) is 13.9. The zero-order valence-corrected chi connectivity index (χ0v) is 23.0. The van der Waals surface area contributed by atoms with Gasteiger partial charge in [0.05, 0.1) is 6.61 Å². The van der Waals surface area contributed by atoms with Crippen molar-refractivity contribution in [1.29, 1.82) is 0 Å². The molecule has 0 unspecified atom stereocenters. The van der Waals surface area contributed by atoms with Crippen molar-refractivity contribution in [1.82, 2.24) is 10.2 Å². The molecule has 4 amide bonds. The summed E-state index contributed by atoms with van der Waals surface area (Å²) in [6.45, 7) is 4.25. The van der Waals surface area contributed by atoms with Gasteiger partial charge in [0.1, 0.15) is 18.8 Å². The first-order valence-corrected chi connectivity index (χ1v) is 13.5. The van der Waals surface area contributed by atoms with E-state index in [0.29, 0.717) is 36.0 Å². The van der Waals surface area contributed by atoms with Crippen molar-refractivity contribution in [3.63, 3.8) is 0 Å². The summed E-state index contributed by atoms with van der Waals surface area (Å²) in [5.74, 6) is 0.0468. The fourth-order valence-corrected chi connectivity index (χ4v) is 4.66. The number of amides is 4. The summed E-state index contributed by atoms with van der Waals surface area (Å²) >= 11 is 0. The molecule has 0 bridgehead atoms. The van der Waals surface area contributed by atoms with Gasteiger partial charge in [0.2, 0.25) is 5.91 Å². The zero-order valence-electron chi connectivity index (χ0n) is 23.0. The molecule has 4 aromatic rings. The van der Waals surface area contributed by atoms with Gasteiger partial charge in [-0.3, -0.25) is 9.59 Å². The number of hydrogen-bond acceptors (Lipinski definition) is 5. The first-order chi connectivity index (χ1) is 19.9. The lowest BCUT2D eigenvalue weighted by molar-refractivity contribution is -0.127. The van der Waals surface area contributed by atoms with Crippen molar-refractivity contribution in [3.8, 4) is 11.5 Å². The summed E-state index contributed by atoms with van der Waals surface area (Å²) in [5.41, 5.74) is 3.36. The van der Waals surface area contributed by atoms with Crippen LogP contribution >= 0.6 is 0 Å². The van der Waals surface area contributed by atoms with E-state index in [2.05, 4.69) is 34.9 Å². The van der Waals surface area contributed by atoms with Crippen LogP contribution in [0.2, 0.25) is 0 Å². The SMILES string of the molecule is CCOc1cc(/C=C2/NC(=O)N(CC(=O)Nc3ccccc3CC)C2=O)ccc1OCc1ccc2ccccc2c1. The van der Waals surface area contributed by atoms with Crippen molar-refractivity contribution in [2.45, 2.75) is 26.9 Å². The van der Waals surface area contributed by atoms with E-state index in [1.165, 1.54) is 5.39 Å². The van der Waals surface area contributed by atoms with Crippen LogP contribution in [0.4, 0.5) is 10.5 Å². The maximum Gasteiger partial charge on any atom is 0.329 e. The summed E-state index contributed by atoms with van der Waals surface area (Å²) in [6.07, 6.45) is 2.30. The summed E-state index contributed by atoms with van der Waals surface area (Å²) in [6, 6.07) is 26.4. The maximum absolute atomic E-state index is 13.0. The highest BCUT2D eigenvalue weighted by Gasteiger charge is 2.35. The molecule has 1 fully saturated rings. The highest BCUT2D eigenvalue weighted by atomic mass is 16.5. The number of ether oxygens (including phenoxy) is 2. The van der Waals surface area contributed by atoms with E-state index >= 15 is 0 Å². The molecule has 0 spiro atoms. The van der Waals surface area contributed by atoms with E-state index in [1.54, 1.807) is 30.3 Å². The number of carbonyl (C=O) groups is 3. The molecule has 0 aromatic heterocycles. The Bertz CT molecular complexity index is 1650. The van der Waals surface area contributed by atoms with Crippen molar-refractivity contribution >= 4 is 40.4 Å². The lowest BCUT2D eigenvalue weighted by Gasteiger charge is -2.14. The minimum Gasteiger partial charge on any atom is -0.490 e. The van der Waals surface area contributed by atoms with E-state index in [0.717, 1.165) is 27.8 Å². The maximum atomic E-state index is 13.0. The number of imide groups is 1. The molecule has 208 valence electrons. The predicted octanol–water partition coefficient (Wildman–Crippen LogP) is 5.91. The van der Waals surface area contributed by atoms with E-state index in [-0.39, 0.29) is 5.70 Å². The van der Waals surface area contributed by atoms with Gasteiger partial charge in [-0.25, -0.2) is 9.69 Å². The molecular weight excluding hydrogens is 518 g/mol. The number of nitrogens with one attached hydrogen (secondary N) is 2. The second-order valence-corrected chi connectivity index (χ2v) is 9.55. The molecule has 1 heterocycles. The van der Waals surface area contributed by atoms with Gasteiger partial charge in [-0.1, -0.05) is 67.6 Å². The fourth-order valence-electron chi connectivity index (χ4n) is 4.66. The zero-order chi connectivity index (χ0) is 28.8. The molecule has 8 nitrogen and oxygen atoms in total. The number of hydrogen-bond donors (Lipinski definition) is 2. The van der Waals surface area contributed by atoms with Gasteiger partial charge in [0.25, 0.3) is 5.91 Å². The first-order valence-electron chi connectivity index (χ1n) is 13.5. The van der Waals surface area contributed by atoms with Crippen molar-refractivity contribution < 1.29 is 23.9 Å². The fraction of sp³-hybridized carbons (Fsp3) is 0.182. The largest absolute Gasteiger partial charge is 0.490 e. The first kappa shape index (κ1) is 27.5. The van der Waals surface area contributed by atoms with Gasteiger partial charge in [0.15, 0.2) is 11.5 Å². The van der Waals surface area contributed by atoms with Crippen LogP contribution < -0.4 is 20.1 Å². The monoisotopic (exact) mass is 549 g/mol. The smallest absolute Gasteiger partial charge is 0.329 e. The van der Waals surface area contributed by atoms with E-state index in [4.69, 9.17) is 9.47 Å². The van der Waals surface area contributed by atoms with Crippen LogP contribution in [0.25, 0.3) is 16.8 Å². The molecule has 1 saturated heterocycles. The Balaban J connectivity index is 1.27. The van der Waals surface area contributed by atoms with E-state index < -0.39 is 24.4 Å². The van der Waals surface area contributed by atoms with Gasteiger partial charge in [-0.2, -0.15) is 0 Å². The van der Waals surface area contributed by atoms with Crippen molar-refractivity contribution in [2.24, 2.45) is 0 Å². The number of rotatable bonds is 10. The van der Waals surface area contributed by atoms with E-state index in [1.807, 2.05) is 50.2 Å². The third kappa shape index (κ3) is 6.38. The number of carbonyl (C=O) groups excluding carboxylic acids is 3. The number of anilines is 1. The molecule has 2 N–H and O–H groups in total. The minimum atomic E-state index is -0.652. The Labute approximate surface area is 238 Å². The number of fused-ring (bicyclic) bond motifs is 1. The number of aryl methyl sites for hydroxylation is 1. The Morgan fingerprint density at radius 2 is 1.66 bits per heavy atom. The van der Waals surface area contributed by atoms with Crippen LogP contribution in [0.5, 0.6) is 11.5 Å². The molecule has 8 heteroatoms. The van der Waals surface area contributed by atoms with Crippen LogP contribution in [0.3, 0.4) is 0 Å². The standard InChI is InChI=1S/C33H31N3O5/c1-3-24-9-7-8-12-27(24)34-31(37)20-36-32(38)28(35-33(36)39)18-22-14-16-29(30(19-22)40-4-2)41-21-23-13-15-25-10-5-6-11-26(25)17-23/h5-19H,3-4,20-21H2,1-2H3,(H,34,37)(H,35,39)/b28-18+. The molecule has 0 radical (unpaired) electrons. The van der Waals surface area contributed by atoms with Crippen LogP contribution in [0, 0.1) is 0 Å². The molecule has 0 atom stereocenters. The minimum absolute atomic E-state index is 0.0732. The predicted molar refractivity (Wildman–Crippen MR) is 159 cm³/mol. The summed E-state index contributed by atoms with van der Waals surface area (Å²) in [4.78, 5) is 39.1. The number of para-hydroxylation sites is 1. The average Bonchev–Trinajstić information content (AvgIpc) is 3.24. The number of nitrogens with zero attached hydrogens (tertiary/aromatic N) is 1. The Morgan fingerprint density at radius 3 is 2.46 bits per heavy atom. The van der Waals surface area contributed by atoms with Gasteiger partial charge < -0.3 is 20.1 Å². The number of benzene rings is 4. The van der Waals surface area contributed by atoms with Crippen LogP contribution in [-0.4, -0.2) is 35.9 Å². The molecule has 0 aliphatic carbocycles. The van der Waals surface area contributed by atoms with Crippen LogP contribution in [0.1, 0.15) is 30.5 Å². The highest BCUT2D eigenvalue weighted by Crippen LogP contribution is 2.31. The quantitative estimate of drug-likeness (QED) is 0.189. The molecule has 0 saturated carbocycles. The topological polar surface area (TPSA) is 97.0 Å². The van der Waals surface area contributed by atoms with Gasteiger partial charge in [0, 0.05) is 5.69 Å². The van der Waals surface area contributed by atoms with Gasteiger partial charge in [-0.05, 0) is 71.1 Å². The molecule has 1 aliphatic rings. The van der Waals surface area contributed by atoms with Crippen LogP contribution in [0.15, 0.2) is 90.6 Å². The molecule has 5 rings (SSSR count). The summed E-state index contributed by atoms with van der Waals surface area (Å²) in [5, 5.41) is 7.66. The molecule has 41 heavy (non-hydrogen) atoms. The van der Waals surface area contributed by atoms with Crippen molar-refractivity contribution in [2.75, 3.05) is 18.5 Å². The lowest BCUT2D eigenvalue weighted by Crippen LogP contribution is -2.38. The van der Waals surface area contributed by atoms with Gasteiger partial charge in [-0.15, -0.1) is 0 Å².